The third-order valence-electron chi connectivity index (χ3n) is 3.47. The molecule has 1 unspecified atom stereocenters. The van der Waals surface area contributed by atoms with E-state index in [1.807, 2.05) is 18.7 Å². The standard InChI is InChI=1S/C16H23F3N4OS/c1-2-20-15(23-10-13-4-3-7-25-13)22-9-12-5-6-21-14(8-12)24-11-16(17,18)19/h5-6,8,13H,2-4,7,9-11H2,1H3,(H2,20,22,23). The Labute approximate surface area is 149 Å². The average molecular weight is 376 g/mol. The number of aliphatic imine (C=N–C) groups is 1. The zero-order valence-corrected chi connectivity index (χ0v) is 14.9. The molecule has 2 N–H and O–H groups in total. The van der Waals surface area contributed by atoms with Crippen LogP contribution in [-0.4, -0.2) is 47.8 Å². The molecule has 2 rings (SSSR count). The summed E-state index contributed by atoms with van der Waals surface area (Å²) in [4.78, 5) is 8.26. The second-order valence-electron chi connectivity index (χ2n) is 5.62. The molecule has 0 spiro atoms. The Morgan fingerprint density at radius 2 is 2.28 bits per heavy atom. The van der Waals surface area contributed by atoms with E-state index in [-0.39, 0.29) is 5.88 Å². The first-order valence-electron chi connectivity index (χ1n) is 8.24. The van der Waals surface area contributed by atoms with Gasteiger partial charge >= 0.3 is 6.18 Å². The Morgan fingerprint density at radius 1 is 1.44 bits per heavy atom. The van der Waals surface area contributed by atoms with Crippen molar-refractivity contribution >= 4 is 17.7 Å². The van der Waals surface area contributed by atoms with Gasteiger partial charge in [-0.25, -0.2) is 9.98 Å². The monoisotopic (exact) mass is 376 g/mol. The van der Waals surface area contributed by atoms with Crippen LogP contribution >= 0.6 is 11.8 Å². The number of pyridine rings is 1. The molecule has 0 aliphatic carbocycles. The second-order valence-corrected chi connectivity index (χ2v) is 7.03. The number of hydrogen-bond donors (Lipinski definition) is 2. The lowest BCUT2D eigenvalue weighted by molar-refractivity contribution is -0.154. The lowest BCUT2D eigenvalue weighted by Gasteiger charge is -2.14. The minimum atomic E-state index is -4.38. The van der Waals surface area contributed by atoms with Crippen LogP contribution in [0.15, 0.2) is 23.3 Å². The highest BCUT2D eigenvalue weighted by atomic mass is 32.2. The van der Waals surface area contributed by atoms with Gasteiger partial charge in [0, 0.05) is 30.6 Å². The molecule has 1 atom stereocenters. The largest absolute Gasteiger partial charge is 0.468 e. The third-order valence-corrected chi connectivity index (χ3v) is 4.87. The summed E-state index contributed by atoms with van der Waals surface area (Å²) in [6, 6.07) is 3.19. The number of nitrogens with one attached hydrogen (secondary N) is 2. The maximum absolute atomic E-state index is 12.2. The van der Waals surface area contributed by atoms with Crippen LogP contribution in [0.2, 0.25) is 0 Å². The van der Waals surface area contributed by atoms with Gasteiger partial charge in [-0.1, -0.05) is 0 Å². The summed E-state index contributed by atoms with van der Waals surface area (Å²) in [5, 5.41) is 7.09. The van der Waals surface area contributed by atoms with Gasteiger partial charge in [-0.3, -0.25) is 0 Å². The van der Waals surface area contributed by atoms with Gasteiger partial charge in [0.25, 0.3) is 0 Å². The van der Waals surface area contributed by atoms with E-state index in [4.69, 9.17) is 0 Å². The van der Waals surface area contributed by atoms with Crippen molar-refractivity contribution in [3.63, 3.8) is 0 Å². The molecule has 1 aliphatic rings. The van der Waals surface area contributed by atoms with E-state index >= 15 is 0 Å². The molecule has 0 saturated carbocycles. The molecule has 140 valence electrons. The van der Waals surface area contributed by atoms with Gasteiger partial charge in [0.1, 0.15) is 0 Å². The Balaban J connectivity index is 1.89. The first-order valence-corrected chi connectivity index (χ1v) is 9.29. The fourth-order valence-electron chi connectivity index (χ4n) is 2.31. The molecule has 9 heteroatoms. The molecule has 0 aromatic carbocycles. The predicted molar refractivity (Wildman–Crippen MR) is 94.1 cm³/mol. The minimum Gasteiger partial charge on any atom is -0.468 e. The highest BCUT2D eigenvalue weighted by Crippen LogP contribution is 2.25. The van der Waals surface area contributed by atoms with Gasteiger partial charge in [0.2, 0.25) is 5.88 Å². The number of halogens is 3. The number of guanidine groups is 1. The molecule has 5 nitrogen and oxygen atoms in total. The third kappa shape index (κ3) is 7.85. The summed E-state index contributed by atoms with van der Waals surface area (Å²) in [5.74, 6) is 1.85. The molecule has 1 aromatic rings. The van der Waals surface area contributed by atoms with Crippen LogP contribution in [0.5, 0.6) is 5.88 Å². The summed E-state index contributed by atoms with van der Waals surface area (Å²) in [7, 11) is 0. The number of nitrogens with zero attached hydrogens (tertiary/aromatic N) is 2. The Hall–Kier alpha value is -1.64. The molecule has 2 heterocycles. The topological polar surface area (TPSA) is 58.5 Å². The summed E-state index contributed by atoms with van der Waals surface area (Å²) in [5.41, 5.74) is 0.736. The van der Waals surface area contributed by atoms with Crippen LogP contribution < -0.4 is 15.4 Å². The smallest absolute Gasteiger partial charge is 0.422 e. The van der Waals surface area contributed by atoms with E-state index in [1.165, 1.54) is 30.9 Å². The van der Waals surface area contributed by atoms with Crippen LogP contribution in [-0.2, 0) is 6.54 Å². The number of alkyl halides is 3. The zero-order valence-electron chi connectivity index (χ0n) is 14.1. The van der Waals surface area contributed by atoms with Gasteiger partial charge in [-0.15, -0.1) is 0 Å². The zero-order chi connectivity index (χ0) is 18.1. The Bertz CT molecular complexity index is 563. The van der Waals surface area contributed by atoms with Crippen LogP contribution in [0, 0.1) is 0 Å². The second kappa shape index (κ2) is 9.74. The van der Waals surface area contributed by atoms with E-state index in [1.54, 1.807) is 6.07 Å². The van der Waals surface area contributed by atoms with Crippen molar-refractivity contribution in [2.45, 2.75) is 37.7 Å². The molecule has 25 heavy (non-hydrogen) atoms. The van der Waals surface area contributed by atoms with Gasteiger partial charge < -0.3 is 15.4 Å². The van der Waals surface area contributed by atoms with Gasteiger partial charge in [0.05, 0.1) is 6.54 Å². The molecule has 0 bridgehead atoms. The Morgan fingerprint density at radius 3 is 2.96 bits per heavy atom. The molecule has 0 radical (unpaired) electrons. The molecule has 0 amide bonds. The lowest BCUT2D eigenvalue weighted by Crippen LogP contribution is -2.40. The number of thioether (sulfide) groups is 1. The summed E-state index contributed by atoms with van der Waals surface area (Å²) in [6.07, 6.45) is -0.494. The summed E-state index contributed by atoms with van der Waals surface area (Å²) in [6.45, 7) is 2.55. The van der Waals surface area contributed by atoms with Gasteiger partial charge in [0.15, 0.2) is 12.6 Å². The van der Waals surface area contributed by atoms with Crippen molar-refractivity contribution in [1.82, 2.24) is 15.6 Å². The fourth-order valence-corrected chi connectivity index (χ4v) is 3.51. The van der Waals surface area contributed by atoms with Crippen LogP contribution in [0.4, 0.5) is 13.2 Å². The molecule has 1 aliphatic heterocycles. The Kier molecular flexibility index (Phi) is 7.67. The van der Waals surface area contributed by atoms with Crippen molar-refractivity contribution < 1.29 is 17.9 Å². The highest BCUT2D eigenvalue weighted by Gasteiger charge is 2.28. The first-order chi connectivity index (χ1) is 12.0. The quantitative estimate of drug-likeness (QED) is 0.566. The van der Waals surface area contributed by atoms with E-state index in [0.717, 1.165) is 18.7 Å². The maximum Gasteiger partial charge on any atom is 0.422 e. The van der Waals surface area contributed by atoms with E-state index in [2.05, 4.69) is 25.3 Å². The van der Waals surface area contributed by atoms with Crippen molar-refractivity contribution in [1.29, 1.82) is 0 Å². The number of rotatable bonds is 7. The molecule has 1 aromatic heterocycles. The normalized spacial score (nSPS) is 18.2. The van der Waals surface area contributed by atoms with Gasteiger partial charge in [-0.05, 0) is 37.1 Å². The summed E-state index contributed by atoms with van der Waals surface area (Å²) < 4.78 is 41.3. The van der Waals surface area contributed by atoms with Crippen molar-refractivity contribution in [3.05, 3.63) is 23.9 Å². The molecular formula is C16H23F3N4OS. The number of hydrogen-bond acceptors (Lipinski definition) is 4. The highest BCUT2D eigenvalue weighted by molar-refractivity contribution is 8.00. The van der Waals surface area contributed by atoms with Crippen molar-refractivity contribution in [2.24, 2.45) is 4.99 Å². The first kappa shape index (κ1) is 19.7. The van der Waals surface area contributed by atoms with Crippen LogP contribution in [0.3, 0.4) is 0 Å². The predicted octanol–water partition coefficient (Wildman–Crippen LogP) is 2.97. The molecule has 1 saturated heterocycles. The van der Waals surface area contributed by atoms with Crippen LogP contribution in [0.25, 0.3) is 0 Å². The summed E-state index contributed by atoms with van der Waals surface area (Å²) >= 11 is 1.96. The van der Waals surface area contributed by atoms with Crippen LogP contribution in [0.1, 0.15) is 25.3 Å². The lowest BCUT2D eigenvalue weighted by atomic mass is 10.2. The van der Waals surface area contributed by atoms with E-state index in [9.17, 15) is 13.2 Å². The number of aromatic nitrogens is 1. The maximum atomic E-state index is 12.2. The fraction of sp³-hybridized carbons (Fsp3) is 0.625. The van der Waals surface area contributed by atoms with Crippen molar-refractivity contribution in [3.8, 4) is 5.88 Å². The van der Waals surface area contributed by atoms with Gasteiger partial charge in [-0.2, -0.15) is 24.9 Å². The molecule has 1 fully saturated rings. The SMILES string of the molecule is CCNC(=NCc1ccnc(OCC(F)(F)F)c1)NCC1CCCS1. The molecular weight excluding hydrogens is 353 g/mol. The minimum absolute atomic E-state index is 0.0506. The van der Waals surface area contributed by atoms with E-state index in [0.29, 0.717) is 17.8 Å². The average Bonchev–Trinajstić information content (AvgIpc) is 3.09. The van der Waals surface area contributed by atoms with E-state index < -0.39 is 12.8 Å². The number of ether oxygens (including phenoxy) is 1. The van der Waals surface area contributed by atoms with Crippen molar-refractivity contribution in [2.75, 3.05) is 25.4 Å².